The molecule has 0 spiro atoms. The van der Waals surface area contributed by atoms with E-state index in [0.29, 0.717) is 6.04 Å². The van der Waals surface area contributed by atoms with Crippen LogP contribution in [0.15, 0.2) is 42.5 Å². The van der Waals surface area contributed by atoms with Gasteiger partial charge in [0.15, 0.2) is 0 Å². The molecule has 1 aliphatic carbocycles. The van der Waals surface area contributed by atoms with Crippen LogP contribution in [-0.2, 0) is 6.42 Å². The van der Waals surface area contributed by atoms with E-state index in [1.54, 1.807) is 7.11 Å². The SMILES string of the molecule is COc1cc(C)ccc1NC1c2ccccc2CC1(C)C. The normalized spacial score (nSPS) is 19.1. The van der Waals surface area contributed by atoms with Crippen LogP contribution >= 0.6 is 0 Å². The number of rotatable bonds is 3. The fourth-order valence-electron chi connectivity index (χ4n) is 3.34. The van der Waals surface area contributed by atoms with Crippen molar-refractivity contribution in [2.45, 2.75) is 33.2 Å². The predicted octanol–water partition coefficient (Wildman–Crippen LogP) is 4.74. The molecule has 1 N–H and O–H groups in total. The highest BCUT2D eigenvalue weighted by atomic mass is 16.5. The molecule has 1 aliphatic rings. The van der Waals surface area contributed by atoms with Crippen molar-refractivity contribution in [2.75, 3.05) is 12.4 Å². The molecule has 1 unspecified atom stereocenters. The maximum atomic E-state index is 5.53. The van der Waals surface area contributed by atoms with Gasteiger partial charge in [-0.1, -0.05) is 44.2 Å². The van der Waals surface area contributed by atoms with Gasteiger partial charge in [0.05, 0.1) is 18.8 Å². The maximum absolute atomic E-state index is 5.53. The van der Waals surface area contributed by atoms with Gasteiger partial charge in [0.25, 0.3) is 0 Å². The molecule has 1 atom stereocenters. The third kappa shape index (κ3) is 2.51. The Balaban J connectivity index is 1.97. The van der Waals surface area contributed by atoms with Crippen LogP contribution in [0, 0.1) is 12.3 Å². The zero-order valence-corrected chi connectivity index (χ0v) is 13.2. The molecular weight excluding hydrogens is 258 g/mol. The summed E-state index contributed by atoms with van der Waals surface area (Å²) >= 11 is 0. The van der Waals surface area contributed by atoms with Gasteiger partial charge in [-0.2, -0.15) is 0 Å². The average Bonchev–Trinajstić information content (AvgIpc) is 2.71. The lowest BCUT2D eigenvalue weighted by Crippen LogP contribution is -2.24. The van der Waals surface area contributed by atoms with Crippen LogP contribution in [0.5, 0.6) is 5.75 Å². The van der Waals surface area contributed by atoms with Gasteiger partial charge in [0.1, 0.15) is 5.75 Å². The van der Waals surface area contributed by atoms with E-state index >= 15 is 0 Å². The molecule has 2 nitrogen and oxygen atoms in total. The Kier molecular flexibility index (Phi) is 3.40. The van der Waals surface area contributed by atoms with Crippen molar-refractivity contribution < 1.29 is 4.74 Å². The second-order valence-electron chi connectivity index (χ2n) is 6.65. The van der Waals surface area contributed by atoms with Crippen molar-refractivity contribution in [3.05, 3.63) is 59.2 Å². The number of fused-ring (bicyclic) bond motifs is 1. The molecule has 0 aliphatic heterocycles. The molecule has 3 rings (SSSR count). The Labute approximate surface area is 127 Å². The van der Waals surface area contributed by atoms with E-state index in [-0.39, 0.29) is 5.41 Å². The molecule has 0 saturated heterocycles. The van der Waals surface area contributed by atoms with E-state index in [9.17, 15) is 0 Å². The van der Waals surface area contributed by atoms with Crippen molar-refractivity contribution in [1.82, 2.24) is 0 Å². The molecule has 110 valence electrons. The topological polar surface area (TPSA) is 21.3 Å². The molecule has 0 aromatic heterocycles. The number of nitrogens with one attached hydrogen (secondary N) is 1. The summed E-state index contributed by atoms with van der Waals surface area (Å²) < 4.78 is 5.53. The van der Waals surface area contributed by atoms with Gasteiger partial charge in [0.2, 0.25) is 0 Å². The van der Waals surface area contributed by atoms with Crippen molar-refractivity contribution >= 4 is 5.69 Å². The van der Waals surface area contributed by atoms with E-state index in [0.717, 1.165) is 17.9 Å². The highest BCUT2D eigenvalue weighted by Crippen LogP contribution is 2.47. The fourth-order valence-corrected chi connectivity index (χ4v) is 3.34. The summed E-state index contributed by atoms with van der Waals surface area (Å²) in [5, 5.41) is 3.71. The summed E-state index contributed by atoms with van der Waals surface area (Å²) in [6, 6.07) is 15.4. The Morgan fingerprint density at radius 3 is 2.67 bits per heavy atom. The molecule has 0 fully saturated rings. The van der Waals surface area contributed by atoms with Gasteiger partial charge >= 0.3 is 0 Å². The van der Waals surface area contributed by atoms with E-state index in [1.807, 2.05) is 0 Å². The number of methoxy groups -OCH3 is 1. The van der Waals surface area contributed by atoms with Crippen LogP contribution in [0.25, 0.3) is 0 Å². The zero-order valence-electron chi connectivity index (χ0n) is 13.2. The number of benzene rings is 2. The summed E-state index contributed by atoms with van der Waals surface area (Å²) in [6.07, 6.45) is 1.11. The van der Waals surface area contributed by atoms with Gasteiger partial charge < -0.3 is 10.1 Å². The molecule has 0 heterocycles. The minimum atomic E-state index is 0.194. The van der Waals surface area contributed by atoms with Crippen LogP contribution in [0.1, 0.15) is 36.6 Å². The Hall–Kier alpha value is -1.96. The van der Waals surface area contributed by atoms with Crippen LogP contribution in [-0.4, -0.2) is 7.11 Å². The lowest BCUT2D eigenvalue weighted by Gasteiger charge is -2.30. The van der Waals surface area contributed by atoms with E-state index in [4.69, 9.17) is 4.74 Å². The molecule has 2 heteroatoms. The minimum absolute atomic E-state index is 0.194. The number of anilines is 1. The fraction of sp³-hybridized carbons (Fsp3) is 0.368. The standard InChI is InChI=1S/C19H23NO/c1-13-9-10-16(17(11-13)21-4)20-18-15-8-6-5-7-14(15)12-19(18,2)3/h5-11,18,20H,12H2,1-4H3. The van der Waals surface area contributed by atoms with Crippen LogP contribution in [0.2, 0.25) is 0 Å². The van der Waals surface area contributed by atoms with Crippen molar-refractivity contribution in [3.8, 4) is 5.75 Å². The second-order valence-corrected chi connectivity index (χ2v) is 6.65. The Morgan fingerprint density at radius 1 is 1.14 bits per heavy atom. The molecule has 2 aromatic rings. The molecule has 21 heavy (non-hydrogen) atoms. The van der Waals surface area contributed by atoms with Gasteiger partial charge in [-0.05, 0) is 47.6 Å². The van der Waals surface area contributed by atoms with Crippen LogP contribution in [0.3, 0.4) is 0 Å². The highest BCUT2D eigenvalue weighted by molar-refractivity contribution is 5.60. The third-order valence-electron chi connectivity index (χ3n) is 4.45. The van der Waals surface area contributed by atoms with Gasteiger partial charge in [0, 0.05) is 0 Å². The monoisotopic (exact) mass is 281 g/mol. The molecule has 0 amide bonds. The van der Waals surface area contributed by atoms with Crippen LogP contribution in [0.4, 0.5) is 5.69 Å². The number of aryl methyl sites for hydroxylation is 1. The van der Waals surface area contributed by atoms with Gasteiger partial charge in [-0.25, -0.2) is 0 Å². The summed E-state index contributed by atoms with van der Waals surface area (Å²) in [5.74, 6) is 0.912. The first kappa shape index (κ1) is 14.0. The summed E-state index contributed by atoms with van der Waals surface area (Å²) in [4.78, 5) is 0. The molecule has 0 bridgehead atoms. The largest absolute Gasteiger partial charge is 0.495 e. The van der Waals surface area contributed by atoms with E-state index < -0.39 is 0 Å². The number of hydrogen-bond acceptors (Lipinski definition) is 2. The quantitative estimate of drug-likeness (QED) is 0.877. The van der Waals surface area contributed by atoms with Gasteiger partial charge in [-0.3, -0.25) is 0 Å². The van der Waals surface area contributed by atoms with Crippen molar-refractivity contribution in [3.63, 3.8) is 0 Å². The van der Waals surface area contributed by atoms with Gasteiger partial charge in [-0.15, -0.1) is 0 Å². The number of hydrogen-bond donors (Lipinski definition) is 1. The van der Waals surface area contributed by atoms with Crippen molar-refractivity contribution in [1.29, 1.82) is 0 Å². The highest BCUT2D eigenvalue weighted by Gasteiger charge is 2.38. The average molecular weight is 281 g/mol. The molecule has 0 saturated carbocycles. The lowest BCUT2D eigenvalue weighted by molar-refractivity contribution is 0.335. The van der Waals surface area contributed by atoms with E-state index in [2.05, 4.69) is 68.6 Å². The van der Waals surface area contributed by atoms with Crippen LogP contribution < -0.4 is 10.1 Å². The zero-order chi connectivity index (χ0) is 15.0. The first-order valence-electron chi connectivity index (χ1n) is 7.50. The molecular formula is C19H23NO. The smallest absolute Gasteiger partial charge is 0.142 e. The molecule has 0 radical (unpaired) electrons. The second kappa shape index (κ2) is 5.10. The Morgan fingerprint density at radius 2 is 1.90 bits per heavy atom. The summed E-state index contributed by atoms with van der Waals surface area (Å²) in [7, 11) is 1.73. The number of ether oxygens (including phenoxy) is 1. The predicted molar refractivity (Wildman–Crippen MR) is 88.0 cm³/mol. The Bertz CT molecular complexity index is 660. The lowest BCUT2D eigenvalue weighted by atomic mass is 9.85. The first-order chi connectivity index (χ1) is 10.0. The van der Waals surface area contributed by atoms with Crippen molar-refractivity contribution in [2.24, 2.45) is 5.41 Å². The maximum Gasteiger partial charge on any atom is 0.142 e. The minimum Gasteiger partial charge on any atom is -0.495 e. The summed E-state index contributed by atoms with van der Waals surface area (Å²) in [5.41, 5.74) is 5.33. The third-order valence-corrected chi connectivity index (χ3v) is 4.45. The molecule has 2 aromatic carbocycles. The first-order valence-corrected chi connectivity index (χ1v) is 7.50. The van der Waals surface area contributed by atoms with E-state index in [1.165, 1.54) is 16.7 Å². The summed E-state index contributed by atoms with van der Waals surface area (Å²) in [6.45, 7) is 6.73.